The van der Waals surface area contributed by atoms with E-state index in [4.69, 9.17) is 10.5 Å². The molecule has 0 aliphatic heterocycles. The Kier molecular flexibility index (Phi) is 4.02. The summed E-state index contributed by atoms with van der Waals surface area (Å²) in [6, 6.07) is 6.67. The Bertz CT molecular complexity index is 468. The van der Waals surface area contributed by atoms with Gasteiger partial charge in [0.2, 0.25) is 0 Å². The Morgan fingerprint density at radius 2 is 2.15 bits per heavy atom. The van der Waals surface area contributed by atoms with Gasteiger partial charge in [0.25, 0.3) is 0 Å². The lowest BCUT2D eigenvalue weighted by atomic mass is 9.89. The van der Waals surface area contributed by atoms with E-state index in [0.717, 1.165) is 36.5 Å². The predicted molar refractivity (Wildman–Crippen MR) is 83.0 cm³/mol. The first-order chi connectivity index (χ1) is 9.61. The molecule has 110 valence electrons. The molecule has 0 radical (unpaired) electrons. The summed E-state index contributed by atoms with van der Waals surface area (Å²) in [6.07, 6.45) is 6.63. The normalized spacial score (nSPS) is 29.6. The first-order valence-corrected chi connectivity index (χ1v) is 8.09. The molecule has 2 N–H and O–H groups in total. The number of fused-ring (bicyclic) bond motifs is 2. The summed E-state index contributed by atoms with van der Waals surface area (Å²) in [6.45, 7) is 5.09. The van der Waals surface area contributed by atoms with Crippen LogP contribution in [0.1, 0.15) is 43.7 Å². The van der Waals surface area contributed by atoms with E-state index in [1.54, 1.807) is 0 Å². The number of hydrogen-bond acceptors (Lipinski definition) is 2. The van der Waals surface area contributed by atoms with Crippen LogP contribution in [0.2, 0.25) is 0 Å². The van der Waals surface area contributed by atoms with Gasteiger partial charge in [-0.15, -0.1) is 0 Å². The third-order valence-electron chi connectivity index (χ3n) is 5.10. The van der Waals surface area contributed by atoms with Crippen molar-refractivity contribution in [2.45, 2.75) is 52.0 Å². The summed E-state index contributed by atoms with van der Waals surface area (Å²) in [7, 11) is 0. The summed E-state index contributed by atoms with van der Waals surface area (Å²) in [5.41, 5.74) is 8.51. The molecule has 0 spiro atoms. The Hall–Kier alpha value is -1.02. The highest BCUT2D eigenvalue weighted by Gasteiger charge is 2.39. The van der Waals surface area contributed by atoms with E-state index >= 15 is 0 Å². The van der Waals surface area contributed by atoms with Crippen LogP contribution in [-0.4, -0.2) is 12.6 Å². The SMILES string of the molecule is Cc1ccc(OCC2CC3CCC2C3)c(CC(C)N)c1. The van der Waals surface area contributed by atoms with Gasteiger partial charge in [-0.3, -0.25) is 0 Å². The smallest absolute Gasteiger partial charge is 0.122 e. The van der Waals surface area contributed by atoms with Crippen LogP contribution in [0, 0.1) is 24.7 Å². The zero-order chi connectivity index (χ0) is 14.1. The van der Waals surface area contributed by atoms with Crippen molar-refractivity contribution in [1.82, 2.24) is 0 Å². The Morgan fingerprint density at radius 1 is 1.30 bits per heavy atom. The van der Waals surface area contributed by atoms with E-state index < -0.39 is 0 Å². The molecular weight excluding hydrogens is 246 g/mol. The summed E-state index contributed by atoms with van der Waals surface area (Å²) in [5.74, 6) is 3.77. The maximum atomic E-state index is 6.17. The highest BCUT2D eigenvalue weighted by molar-refractivity contribution is 5.37. The van der Waals surface area contributed by atoms with Crippen LogP contribution in [0.15, 0.2) is 18.2 Å². The van der Waals surface area contributed by atoms with Crippen LogP contribution in [0.3, 0.4) is 0 Å². The van der Waals surface area contributed by atoms with Gasteiger partial charge in [-0.05, 0) is 68.9 Å². The van der Waals surface area contributed by atoms with Gasteiger partial charge in [-0.25, -0.2) is 0 Å². The fourth-order valence-electron chi connectivity index (χ4n) is 4.13. The Balaban J connectivity index is 1.64. The number of rotatable bonds is 5. The van der Waals surface area contributed by atoms with Gasteiger partial charge in [0.05, 0.1) is 6.61 Å². The van der Waals surface area contributed by atoms with Crippen molar-refractivity contribution in [3.8, 4) is 5.75 Å². The molecule has 0 heterocycles. The Labute approximate surface area is 122 Å². The lowest BCUT2D eigenvalue weighted by Crippen LogP contribution is -2.21. The molecule has 1 aromatic rings. The lowest BCUT2D eigenvalue weighted by Gasteiger charge is -2.23. The van der Waals surface area contributed by atoms with Gasteiger partial charge >= 0.3 is 0 Å². The van der Waals surface area contributed by atoms with E-state index in [-0.39, 0.29) is 6.04 Å². The molecule has 4 atom stereocenters. The molecule has 20 heavy (non-hydrogen) atoms. The number of ether oxygens (including phenoxy) is 1. The molecule has 3 rings (SSSR count). The first kappa shape index (κ1) is 13.9. The molecule has 4 unspecified atom stereocenters. The van der Waals surface area contributed by atoms with Gasteiger partial charge in [0.15, 0.2) is 0 Å². The van der Waals surface area contributed by atoms with E-state index in [1.807, 2.05) is 0 Å². The molecule has 0 aromatic heterocycles. The zero-order valence-corrected chi connectivity index (χ0v) is 12.8. The molecule has 2 aliphatic carbocycles. The van der Waals surface area contributed by atoms with Crippen molar-refractivity contribution < 1.29 is 4.74 Å². The maximum absolute atomic E-state index is 6.17. The van der Waals surface area contributed by atoms with Crippen molar-refractivity contribution >= 4 is 0 Å². The second kappa shape index (κ2) is 5.77. The predicted octanol–water partition coefficient (Wildman–Crippen LogP) is 3.70. The number of nitrogens with two attached hydrogens (primary N) is 1. The molecule has 2 aliphatic rings. The highest BCUT2D eigenvalue weighted by Crippen LogP contribution is 2.48. The molecule has 1 aromatic carbocycles. The van der Waals surface area contributed by atoms with Gasteiger partial charge < -0.3 is 10.5 Å². The van der Waals surface area contributed by atoms with E-state index in [2.05, 4.69) is 32.0 Å². The molecular formula is C18H27NO. The van der Waals surface area contributed by atoms with E-state index in [1.165, 1.54) is 36.8 Å². The van der Waals surface area contributed by atoms with Crippen LogP contribution >= 0.6 is 0 Å². The highest BCUT2D eigenvalue weighted by atomic mass is 16.5. The number of aryl methyl sites for hydroxylation is 1. The molecule has 2 saturated carbocycles. The minimum atomic E-state index is 0.182. The van der Waals surface area contributed by atoms with E-state index in [9.17, 15) is 0 Å². The van der Waals surface area contributed by atoms with Crippen LogP contribution in [0.5, 0.6) is 5.75 Å². The fraction of sp³-hybridized carbons (Fsp3) is 0.667. The summed E-state index contributed by atoms with van der Waals surface area (Å²) < 4.78 is 6.17. The van der Waals surface area contributed by atoms with Gasteiger partial charge in [-0.2, -0.15) is 0 Å². The third-order valence-corrected chi connectivity index (χ3v) is 5.10. The molecule has 0 saturated heterocycles. The van der Waals surface area contributed by atoms with Crippen molar-refractivity contribution in [3.63, 3.8) is 0 Å². The minimum absolute atomic E-state index is 0.182. The quantitative estimate of drug-likeness (QED) is 0.888. The lowest BCUT2D eigenvalue weighted by molar-refractivity contribution is 0.194. The third kappa shape index (κ3) is 3.01. The second-order valence-electron chi connectivity index (χ2n) is 7.04. The number of hydrogen-bond donors (Lipinski definition) is 1. The fourth-order valence-corrected chi connectivity index (χ4v) is 4.13. The van der Waals surface area contributed by atoms with Crippen molar-refractivity contribution in [2.24, 2.45) is 23.5 Å². The monoisotopic (exact) mass is 273 g/mol. The average Bonchev–Trinajstić information content (AvgIpc) is 2.99. The van der Waals surface area contributed by atoms with Crippen LogP contribution in [0.25, 0.3) is 0 Å². The molecule has 2 heteroatoms. The maximum Gasteiger partial charge on any atom is 0.122 e. The van der Waals surface area contributed by atoms with Crippen molar-refractivity contribution in [2.75, 3.05) is 6.61 Å². The Morgan fingerprint density at radius 3 is 2.80 bits per heavy atom. The second-order valence-corrected chi connectivity index (χ2v) is 7.04. The zero-order valence-electron chi connectivity index (χ0n) is 12.8. The molecule has 0 amide bonds. The first-order valence-electron chi connectivity index (χ1n) is 8.09. The summed E-state index contributed by atoms with van der Waals surface area (Å²) >= 11 is 0. The van der Waals surface area contributed by atoms with Crippen molar-refractivity contribution in [1.29, 1.82) is 0 Å². The van der Waals surface area contributed by atoms with Crippen LogP contribution < -0.4 is 10.5 Å². The summed E-state index contributed by atoms with van der Waals surface area (Å²) in [5, 5.41) is 0. The van der Waals surface area contributed by atoms with Gasteiger partial charge in [0.1, 0.15) is 5.75 Å². The summed E-state index contributed by atoms with van der Waals surface area (Å²) in [4.78, 5) is 0. The molecule has 2 nitrogen and oxygen atoms in total. The topological polar surface area (TPSA) is 35.2 Å². The molecule has 2 fully saturated rings. The largest absolute Gasteiger partial charge is 0.493 e. The minimum Gasteiger partial charge on any atom is -0.493 e. The van der Waals surface area contributed by atoms with Gasteiger partial charge in [0, 0.05) is 6.04 Å². The standard InChI is InChI=1S/C18H27NO/c1-12-3-6-18(16(7-12)8-13(2)19)20-11-17-10-14-4-5-15(17)9-14/h3,6-7,13-15,17H,4-5,8-11,19H2,1-2H3. The van der Waals surface area contributed by atoms with E-state index in [0.29, 0.717) is 0 Å². The average molecular weight is 273 g/mol. The van der Waals surface area contributed by atoms with Crippen LogP contribution in [-0.2, 0) is 6.42 Å². The molecule has 2 bridgehead atoms. The van der Waals surface area contributed by atoms with Gasteiger partial charge in [-0.1, -0.05) is 24.1 Å². The van der Waals surface area contributed by atoms with Crippen LogP contribution in [0.4, 0.5) is 0 Å². The van der Waals surface area contributed by atoms with Crippen molar-refractivity contribution in [3.05, 3.63) is 29.3 Å². The number of benzene rings is 1.